The smallest absolute Gasteiger partial charge is 0.133 e. The van der Waals surface area contributed by atoms with Gasteiger partial charge in [-0.3, -0.25) is 4.90 Å². The van der Waals surface area contributed by atoms with Crippen LogP contribution in [-0.4, -0.2) is 33.1 Å². The number of hydrogen-bond donors (Lipinski definition) is 2. The Hall–Kier alpha value is -2.17. The molecule has 4 nitrogen and oxygen atoms in total. The van der Waals surface area contributed by atoms with E-state index in [2.05, 4.69) is 58.2 Å². The number of imidazole rings is 1. The zero-order chi connectivity index (χ0) is 17.2. The van der Waals surface area contributed by atoms with Gasteiger partial charge in [-0.15, -0.1) is 0 Å². The van der Waals surface area contributed by atoms with E-state index in [1.807, 2.05) is 6.07 Å². The summed E-state index contributed by atoms with van der Waals surface area (Å²) in [5.74, 6) is 0.609. The summed E-state index contributed by atoms with van der Waals surface area (Å²) in [7, 11) is 0. The Morgan fingerprint density at radius 2 is 1.76 bits per heavy atom. The topological polar surface area (TPSA) is 52.2 Å². The Bertz CT molecular complexity index is 847. The summed E-state index contributed by atoms with van der Waals surface area (Å²) in [6.07, 6.45) is 4.02. The molecule has 0 aliphatic carbocycles. The van der Waals surface area contributed by atoms with Crippen LogP contribution in [0.2, 0.25) is 0 Å². The van der Waals surface area contributed by atoms with Gasteiger partial charge in [-0.1, -0.05) is 36.8 Å². The van der Waals surface area contributed by atoms with E-state index < -0.39 is 0 Å². The number of aliphatic hydroxyl groups excluding tert-OH is 1. The highest BCUT2D eigenvalue weighted by molar-refractivity contribution is 5.82. The molecule has 0 radical (unpaired) electrons. The van der Waals surface area contributed by atoms with Crippen LogP contribution < -0.4 is 0 Å². The minimum Gasteiger partial charge on any atom is -0.388 e. The van der Waals surface area contributed by atoms with Gasteiger partial charge >= 0.3 is 0 Å². The molecule has 1 saturated heterocycles. The summed E-state index contributed by atoms with van der Waals surface area (Å²) >= 11 is 0. The van der Waals surface area contributed by atoms with Crippen LogP contribution in [0.4, 0.5) is 0 Å². The lowest BCUT2D eigenvalue weighted by molar-refractivity contribution is 0.175. The SMILES string of the molecule is C[C@H](c1ccc(-c2ccc3nc(CO)[nH]c3c2)cc1)N1CCCCC1. The van der Waals surface area contributed by atoms with E-state index in [1.54, 1.807) is 0 Å². The number of benzene rings is 2. The number of H-pyrrole nitrogens is 1. The first-order valence-electron chi connectivity index (χ1n) is 9.18. The van der Waals surface area contributed by atoms with Crippen molar-refractivity contribution in [2.75, 3.05) is 13.1 Å². The molecule has 0 amide bonds. The predicted octanol–water partition coefficient (Wildman–Crippen LogP) is 4.27. The van der Waals surface area contributed by atoms with Gasteiger partial charge in [0.1, 0.15) is 12.4 Å². The maximum atomic E-state index is 9.22. The predicted molar refractivity (Wildman–Crippen MR) is 101 cm³/mol. The Kier molecular flexibility index (Phi) is 4.55. The Labute approximate surface area is 148 Å². The highest BCUT2D eigenvalue weighted by atomic mass is 16.3. The lowest BCUT2D eigenvalue weighted by Crippen LogP contribution is -2.32. The highest BCUT2D eigenvalue weighted by Gasteiger charge is 2.18. The maximum Gasteiger partial charge on any atom is 0.133 e. The second kappa shape index (κ2) is 6.98. The average molecular weight is 335 g/mol. The summed E-state index contributed by atoms with van der Waals surface area (Å²) in [6, 6.07) is 15.6. The van der Waals surface area contributed by atoms with Gasteiger partial charge in [-0.2, -0.15) is 0 Å². The zero-order valence-electron chi connectivity index (χ0n) is 14.7. The van der Waals surface area contributed by atoms with E-state index in [0.29, 0.717) is 11.9 Å². The summed E-state index contributed by atoms with van der Waals surface area (Å²) in [4.78, 5) is 10.1. The first-order chi connectivity index (χ1) is 12.2. The number of rotatable bonds is 4. The standard InChI is InChI=1S/C21H25N3O/c1-15(24-11-3-2-4-12-24)16-5-7-17(8-6-16)18-9-10-19-20(13-18)23-21(14-25)22-19/h5-10,13,15,25H,2-4,11-12,14H2,1H3,(H,22,23)/t15-/m1/s1. The molecule has 2 heterocycles. The summed E-state index contributed by atoms with van der Waals surface area (Å²) in [5, 5.41) is 9.22. The number of piperidine rings is 1. The second-order valence-electron chi connectivity index (χ2n) is 6.97. The van der Waals surface area contributed by atoms with Crippen molar-refractivity contribution in [1.82, 2.24) is 14.9 Å². The van der Waals surface area contributed by atoms with Crippen LogP contribution in [0.1, 0.15) is 43.6 Å². The fraction of sp³-hybridized carbons (Fsp3) is 0.381. The molecule has 1 aliphatic heterocycles. The van der Waals surface area contributed by atoms with Crippen LogP contribution in [0.5, 0.6) is 0 Å². The van der Waals surface area contributed by atoms with Gasteiger partial charge < -0.3 is 10.1 Å². The quantitative estimate of drug-likeness (QED) is 0.748. The summed E-state index contributed by atoms with van der Waals surface area (Å²) in [6.45, 7) is 4.68. The molecule has 25 heavy (non-hydrogen) atoms. The van der Waals surface area contributed by atoms with E-state index in [0.717, 1.165) is 16.6 Å². The fourth-order valence-electron chi connectivity index (χ4n) is 3.79. The number of nitrogens with one attached hydrogen (secondary N) is 1. The third-order valence-electron chi connectivity index (χ3n) is 5.35. The van der Waals surface area contributed by atoms with Crippen LogP contribution >= 0.6 is 0 Å². The molecule has 1 atom stereocenters. The first-order valence-corrected chi connectivity index (χ1v) is 9.18. The van der Waals surface area contributed by atoms with Gasteiger partial charge in [0.15, 0.2) is 0 Å². The summed E-state index contributed by atoms with van der Waals surface area (Å²) in [5.41, 5.74) is 5.61. The van der Waals surface area contributed by atoms with Crippen molar-refractivity contribution in [3.8, 4) is 11.1 Å². The molecule has 1 fully saturated rings. The normalized spacial score (nSPS) is 17.0. The van der Waals surface area contributed by atoms with Crippen LogP contribution in [0.15, 0.2) is 42.5 Å². The van der Waals surface area contributed by atoms with Crippen LogP contribution in [0.3, 0.4) is 0 Å². The number of aromatic nitrogens is 2. The van der Waals surface area contributed by atoms with Crippen molar-refractivity contribution in [2.45, 2.75) is 38.8 Å². The van der Waals surface area contributed by atoms with Crippen molar-refractivity contribution in [2.24, 2.45) is 0 Å². The van der Waals surface area contributed by atoms with E-state index in [4.69, 9.17) is 0 Å². The van der Waals surface area contributed by atoms with Gasteiger partial charge in [-0.25, -0.2) is 4.98 Å². The van der Waals surface area contributed by atoms with Crippen molar-refractivity contribution in [3.63, 3.8) is 0 Å². The van der Waals surface area contributed by atoms with E-state index >= 15 is 0 Å². The molecule has 1 aromatic heterocycles. The van der Waals surface area contributed by atoms with Gasteiger partial charge in [0, 0.05) is 6.04 Å². The van der Waals surface area contributed by atoms with Crippen LogP contribution in [-0.2, 0) is 6.61 Å². The van der Waals surface area contributed by atoms with E-state index in [9.17, 15) is 5.11 Å². The molecule has 1 aliphatic rings. The largest absolute Gasteiger partial charge is 0.388 e. The number of fused-ring (bicyclic) bond motifs is 1. The lowest BCUT2D eigenvalue weighted by Gasteiger charge is -2.32. The van der Waals surface area contributed by atoms with Gasteiger partial charge in [0.05, 0.1) is 11.0 Å². The molecular weight excluding hydrogens is 310 g/mol. The lowest BCUT2D eigenvalue weighted by atomic mass is 9.99. The molecule has 0 unspecified atom stereocenters. The van der Waals surface area contributed by atoms with E-state index in [1.165, 1.54) is 43.5 Å². The third-order valence-corrected chi connectivity index (χ3v) is 5.35. The Morgan fingerprint density at radius 3 is 2.48 bits per heavy atom. The Morgan fingerprint density at radius 1 is 1.04 bits per heavy atom. The minimum atomic E-state index is -0.0624. The number of aliphatic hydroxyl groups is 1. The van der Waals surface area contributed by atoms with Crippen molar-refractivity contribution in [1.29, 1.82) is 0 Å². The fourth-order valence-corrected chi connectivity index (χ4v) is 3.79. The van der Waals surface area contributed by atoms with E-state index in [-0.39, 0.29) is 6.61 Å². The van der Waals surface area contributed by atoms with Gasteiger partial charge in [-0.05, 0) is 61.7 Å². The van der Waals surface area contributed by atoms with Gasteiger partial charge in [0.2, 0.25) is 0 Å². The molecule has 4 heteroatoms. The number of aromatic amines is 1. The molecule has 0 spiro atoms. The molecule has 3 aromatic rings. The number of nitrogens with zero attached hydrogens (tertiary/aromatic N) is 2. The zero-order valence-corrected chi connectivity index (χ0v) is 14.7. The van der Waals surface area contributed by atoms with Crippen molar-refractivity contribution < 1.29 is 5.11 Å². The minimum absolute atomic E-state index is 0.0624. The monoisotopic (exact) mass is 335 g/mol. The van der Waals surface area contributed by atoms with Crippen molar-refractivity contribution >= 4 is 11.0 Å². The highest BCUT2D eigenvalue weighted by Crippen LogP contribution is 2.28. The van der Waals surface area contributed by atoms with Crippen LogP contribution in [0.25, 0.3) is 22.2 Å². The van der Waals surface area contributed by atoms with Crippen molar-refractivity contribution in [3.05, 3.63) is 53.9 Å². The molecule has 2 aromatic carbocycles. The van der Waals surface area contributed by atoms with Gasteiger partial charge in [0.25, 0.3) is 0 Å². The molecule has 0 saturated carbocycles. The molecule has 0 bridgehead atoms. The molecule has 2 N–H and O–H groups in total. The average Bonchev–Trinajstić information content (AvgIpc) is 3.10. The summed E-state index contributed by atoms with van der Waals surface area (Å²) < 4.78 is 0. The maximum absolute atomic E-state index is 9.22. The molecule has 130 valence electrons. The second-order valence-corrected chi connectivity index (χ2v) is 6.97. The molecule has 4 rings (SSSR count). The first kappa shape index (κ1) is 16.3. The number of hydrogen-bond acceptors (Lipinski definition) is 3. The number of likely N-dealkylation sites (tertiary alicyclic amines) is 1. The van der Waals surface area contributed by atoms with Crippen LogP contribution in [0, 0.1) is 0 Å². The Balaban J connectivity index is 1.56. The third kappa shape index (κ3) is 3.32. The molecular formula is C21H25N3O.